The standard InChI is InChI=1S/C16H14ClN3O/c1-21-14-9-7-12(8-10-14)16-19-18-15(11-17)20(16)13-5-3-2-4-6-13/h2-10H,11H2,1H3. The molecule has 0 saturated carbocycles. The van der Waals surface area contributed by atoms with E-state index in [-0.39, 0.29) is 0 Å². The number of nitrogens with zero attached hydrogens (tertiary/aromatic N) is 3. The van der Waals surface area contributed by atoms with E-state index >= 15 is 0 Å². The number of hydrogen-bond donors (Lipinski definition) is 0. The molecule has 0 amide bonds. The SMILES string of the molecule is COc1ccc(-c2nnc(CCl)n2-c2ccccc2)cc1. The number of alkyl halides is 1. The number of benzene rings is 2. The van der Waals surface area contributed by atoms with Crippen molar-refractivity contribution < 1.29 is 4.74 Å². The average Bonchev–Trinajstić information content (AvgIpc) is 2.99. The predicted octanol–water partition coefficient (Wildman–Crippen LogP) is 3.68. The molecule has 1 heterocycles. The molecule has 0 bridgehead atoms. The zero-order valence-corrected chi connectivity index (χ0v) is 12.3. The Morgan fingerprint density at radius 1 is 1.00 bits per heavy atom. The third-order valence-corrected chi connectivity index (χ3v) is 3.45. The number of rotatable bonds is 4. The van der Waals surface area contributed by atoms with Gasteiger partial charge in [-0.3, -0.25) is 4.57 Å². The molecular weight excluding hydrogens is 286 g/mol. The first-order valence-electron chi connectivity index (χ1n) is 6.53. The molecule has 5 heteroatoms. The molecule has 0 spiro atoms. The van der Waals surface area contributed by atoms with Crippen LogP contribution in [0.5, 0.6) is 5.75 Å². The van der Waals surface area contributed by atoms with E-state index in [2.05, 4.69) is 10.2 Å². The van der Waals surface area contributed by atoms with E-state index < -0.39 is 0 Å². The zero-order chi connectivity index (χ0) is 14.7. The van der Waals surface area contributed by atoms with Crippen molar-refractivity contribution in [3.8, 4) is 22.8 Å². The quantitative estimate of drug-likeness (QED) is 0.690. The Kier molecular flexibility index (Phi) is 3.88. The summed E-state index contributed by atoms with van der Waals surface area (Å²) in [5.74, 6) is 2.59. The first kappa shape index (κ1) is 13.6. The molecule has 106 valence electrons. The lowest BCUT2D eigenvalue weighted by atomic mass is 10.2. The highest BCUT2D eigenvalue weighted by molar-refractivity contribution is 6.16. The lowest BCUT2D eigenvalue weighted by molar-refractivity contribution is 0.415. The summed E-state index contributed by atoms with van der Waals surface area (Å²) in [4.78, 5) is 0. The van der Waals surface area contributed by atoms with Crippen molar-refractivity contribution in [3.63, 3.8) is 0 Å². The van der Waals surface area contributed by atoms with E-state index in [0.29, 0.717) is 11.7 Å². The van der Waals surface area contributed by atoms with Crippen molar-refractivity contribution in [1.29, 1.82) is 0 Å². The second-order valence-electron chi connectivity index (χ2n) is 4.47. The molecule has 0 aliphatic heterocycles. The van der Waals surface area contributed by atoms with Crippen LogP contribution in [0.3, 0.4) is 0 Å². The highest BCUT2D eigenvalue weighted by atomic mass is 35.5. The fourth-order valence-corrected chi connectivity index (χ4v) is 2.35. The fourth-order valence-electron chi connectivity index (χ4n) is 2.18. The lowest BCUT2D eigenvalue weighted by Crippen LogP contribution is -2.01. The van der Waals surface area contributed by atoms with Crippen molar-refractivity contribution in [2.75, 3.05) is 7.11 Å². The zero-order valence-electron chi connectivity index (χ0n) is 11.5. The maximum atomic E-state index is 5.99. The van der Waals surface area contributed by atoms with E-state index in [9.17, 15) is 0 Å². The first-order valence-corrected chi connectivity index (χ1v) is 7.07. The Balaban J connectivity index is 2.12. The molecule has 21 heavy (non-hydrogen) atoms. The van der Waals surface area contributed by atoms with Gasteiger partial charge in [-0.15, -0.1) is 21.8 Å². The number of aromatic nitrogens is 3. The summed E-state index contributed by atoms with van der Waals surface area (Å²) in [7, 11) is 1.65. The molecule has 0 N–H and O–H groups in total. The van der Waals surface area contributed by atoms with Crippen LogP contribution in [0, 0.1) is 0 Å². The van der Waals surface area contributed by atoms with Crippen LogP contribution >= 0.6 is 11.6 Å². The van der Waals surface area contributed by atoms with Crippen LogP contribution < -0.4 is 4.74 Å². The smallest absolute Gasteiger partial charge is 0.168 e. The van der Waals surface area contributed by atoms with Gasteiger partial charge >= 0.3 is 0 Å². The summed E-state index contributed by atoms with van der Waals surface area (Å²) in [5, 5.41) is 8.46. The molecule has 4 nitrogen and oxygen atoms in total. The van der Waals surface area contributed by atoms with Crippen LogP contribution in [0.1, 0.15) is 5.82 Å². The number of halogens is 1. The van der Waals surface area contributed by atoms with Crippen LogP contribution in [0.4, 0.5) is 0 Å². The molecule has 0 unspecified atom stereocenters. The molecule has 0 fully saturated rings. The van der Waals surface area contributed by atoms with Crippen LogP contribution in [0.2, 0.25) is 0 Å². The molecular formula is C16H14ClN3O. The van der Waals surface area contributed by atoms with Gasteiger partial charge in [0.15, 0.2) is 11.6 Å². The Labute approximate surface area is 128 Å². The molecule has 0 saturated heterocycles. The summed E-state index contributed by atoms with van der Waals surface area (Å²) < 4.78 is 7.15. The fraction of sp³-hybridized carbons (Fsp3) is 0.125. The van der Waals surface area contributed by atoms with Gasteiger partial charge in [0.25, 0.3) is 0 Å². The third kappa shape index (κ3) is 2.62. The highest BCUT2D eigenvalue weighted by Crippen LogP contribution is 2.25. The normalized spacial score (nSPS) is 10.6. The number of hydrogen-bond acceptors (Lipinski definition) is 3. The maximum absolute atomic E-state index is 5.99. The van der Waals surface area contributed by atoms with Gasteiger partial charge < -0.3 is 4.74 Å². The first-order chi connectivity index (χ1) is 10.3. The Bertz CT molecular complexity index is 723. The summed E-state index contributed by atoms with van der Waals surface area (Å²) in [5.41, 5.74) is 1.95. The van der Waals surface area contributed by atoms with Crippen LogP contribution in [-0.2, 0) is 5.88 Å². The third-order valence-electron chi connectivity index (χ3n) is 3.21. The molecule has 0 radical (unpaired) electrons. The van der Waals surface area contributed by atoms with E-state index in [1.165, 1.54) is 0 Å². The second kappa shape index (κ2) is 5.97. The minimum absolute atomic E-state index is 0.304. The number of para-hydroxylation sites is 1. The molecule has 2 aromatic carbocycles. The second-order valence-corrected chi connectivity index (χ2v) is 4.74. The molecule has 3 rings (SSSR count). The molecule has 0 aliphatic carbocycles. The van der Waals surface area contributed by atoms with Gasteiger partial charge in [0.05, 0.1) is 13.0 Å². The largest absolute Gasteiger partial charge is 0.497 e. The van der Waals surface area contributed by atoms with Crippen molar-refractivity contribution in [2.24, 2.45) is 0 Å². The van der Waals surface area contributed by atoms with Crippen molar-refractivity contribution in [2.45, 2.75) is 5.88 Å². The van der Waals surface area contributed by atoms with Crippen molar-refractivity contribution in [1.82, 2.24) is 14.8 Å². The summed E-state index contributed by atoms with van der Waals surface area (Å²) in [6, 6.07) is 17.7. The van der Waals surface area contributed by atoms with Gasteiger partial charge in [-0.1, -0.05) is 18.2 Å². The Hall–Kier alpha value is -2.33. The van der Waals surface area contributed by atoms with E-state index in [1.54, 1.807) is 7.11 Å². The summed E-state index contributed by atoms with van der Waals surface area (Å²) in [6.45, 7) is 0. The Morgan fingerprint density at radius 3 is 2.33 bits per heavy atom. The van der Waals surface area contributed by atoms with Gasteiger partial charge in [0.2, 0.25) is 0 Å². The molecule has 3 aromatic rings. The lowest BCUT2D eigenvalue weighted by Gasteiger charge is -2.09. The van der Waals surface area contributed by atoms with Crippen molar-refractivity contribution >= 4 is 11.6 Å². The van der Waals surface area contributed by atoms with Gasteiger partial charge in [0.1, 0.15) is 5.75 Å². The van der Waals surface area contributed by atoms with Crippen molar-refractivity contribution in [3.05, 3.63) is 60.4 Å². The average molecular weight is 300 g/mol. The highest BCUT2D eigenvalue weighted by Gasteiger charge is 2.14. The van der Waals surface area contributed by atoms with E-state index in [0.717, 1.165) is 22.8 Å². The minimum atomic E-state index is 0.304. The predicted molar refractivity (Wildman–Crippen MR) is 82.9 cm³/mol. The van der Waals surface area contributed by atoms with Gasteiger partial charge in [-0.2, -0.15) is 0 Å². The molecule has 0 atom stereocenters. The van der Waals surface area contributed by atoms with Crippen LogP contribution in [0.15, 0.2) is 54.6 Å². The van der Waals surface area contributed by atoms with Crippen LogP contribution in [-0.4, -0.2) is 21.9 Å². The van der Waals surface area contributed by atoms with E-state index in [4.69, 9.17) is 16.3 Å². The Morgan fingerprint density at radius 2 is 1.71 bits per heavy atom. The van der Waals surface area contributed by atoms with Crippen LogP contribution in [0.25, 0.3) is 17.1 Å². The topological polar surface area (TPSA) is 39.9 Å². The number of methoxy groups -OCH3 is 1. The van der Waals surface area contributed by atoms with Gasteiger partial charge in [-0.25, -0.2) is 0 Å². The minimum Gasteiger partial charge on any atom is -0.497 e. The van der Waals surface area contributed by atoms with E-state index in [1.807, 2.05) is 59.2 Å². The summed E-state index contributed by atoms with van der Waals surface area (Å²) in [6.07, 6.45) is 0. The molecule has 1 aromatic heterocycles. The maximum Gasteiger partial charge on any atom is 0.168 e. The van der Waals surface area contributed by atoms with Gasteiger partial charge in [0, 0.05) is 11.3 Å². The molecule has 0 aliphatic rings. The monoisotopic (exact) mass is 299 g/mol. The summed E-state index contributed by atoms with van der Waals surface area (Å²) >= 11 is 5.99. The number of ether oxygens (including phenoxy) is 1. The van der Waals surface area contributed by atoms with Gasteiger partial charge in [-0.05, 0) is 36.4 Å².